The second-order valence-electron chi connectivity index (χ2n) is 9.45. The molecule has 4 aliphatic rings. The van der Waals surface area contributed by atoms with Crippen LogP contribution in [0.3, 0.4) is 0 Å². The van der Waals surface area contributed by atoms with Gasteiger partial charge in [-0.25, -0.2) is 0 Å². The summed E-state index contributed by atoms with van der Waals surface area (Å²) in [5, 5.41) is 32.2. The van der Waals surface area contributed by atoms with Crippen LogP contribution in [0.1, 0.15) is 71.6 Å². The zero-order chi connectivity index (χ0) is 15.8. The van der Waals surface area contributed by atoms with Gasteiger partial charge in [0, 0.05) is 11.8 Å². The highest BCUT2D eigenvalue weighted by Gasteiger charge is 2.66. The molecule has 0 aromatic rings. The molecule has 4 saturated carbocycles. The van der Waals surface area contributed by atoms with Crippen molar-refractivity contribution < 1.29 is 15.3 Å². The lowest BCUT2D eigenvalue weighted by atomic mass is 9.43. The van der Waals surface area contributed by atoms with Crippen molar-refractivity contribution in [2.75, 3.05) is 0 Å². The zero-order valence-corrected chi connectivity index (χ0v) is 14.1. The standard InChI is InChI=1S/C19H32O3/c1-17-7-3-4-14(17)13-10-16(21)19(22)11-12(20)5-9-18(19,2)15(13)6-8-17/h12-16,20-22H,3-11H2,1-2H3/t12-,13+,14+,15+,16+,17-,18+,19-/m0/s1. The Morgan fingerprint density at radius 3 is 2.45 bits per heavy atom. The molecule has 4 aliphatic carbocycles. The Kier molecular flexibility index (Phi) is 3.30. The van der Waals surface area contributed by atoms with Crippen LogP contribution in [0, 0.1) is 28.6 Å². The molecule has 3 heteroatoms. The van der Waals surface area contributed by atoms with Crippen LogP contribution in [0.15, 0.2) is 0 Å². The van der Waals surface area contributed by atoms with Gasteiger partial charge in [-0.15, -0.1) is 0 Å². The lowest BCUT2D eigenvalue weighted by Crippen LogP contribution is -2.68. The highest BCUT2D eigenvalue weighted by atomic mass is 16.3. The molecule has 8 atom stereocenters. The maximum absolute atomic E-state index is 11.3. The van der Waals surface area contributed by atoms with E-state index in [0.717, 1.165) is 25.2 Å². The number of rotatable bonds is 0. The molecule has 0 amide bonds. The molecule has 0 aromatic carbocycles. The first kappa shape index (κ1) is 15.4. The molecule has 0 spiro atoms. The van der Waals surface area contributed by atoms with Crippen LogP contribution >= 0.6 is 0 Å². The summed E-state index contributed by atoms with van der Waals surface area (Å²) in [7, 11) is 0. The Morgan fingerprint density at radius 1 is 0.909 bits per heavy atom. The molecule has 4 rings (SSSR count). The van der Waals surface area contributed by atoms with E-state index < -0.39 is 17.8 Å². The third kappa shape index (κ3) is 1.79. The van der Waals surface area contributed by atoms with Crippen LogP contribution < -0.4 is 0 Å². The molecule has 3 N–H and O–H groups in total. The van der Waals surface area contributed by atoms with Crippen molar-refractivity contribution >= 4 is 0 Å². The largest absolute Gasteiger partial charge is 0.393 e. The normalized spacial score (nSPS) is 61.2. The van der Waals surface area contributed by atoms with Gasteiger partial charge in [-0.3, -0.25) is 0 Å². The Labute approximate surface area is 134 Å². The van der Waals surface area contributed by atoms with E-state index in [-0.39, 0.29) is 5.41 Å². The minimum absolute atomic E-state index is 0.224. The lowest BCUT2D eigenvalue weighted by Gasteiger charge is -2.65. The molecule has 22 heavy (non-hydrogen) atoms. The fraction of sp³-hybridized carbons (Fsp3) is 1.00. The van der Waals surface area contributed by atoms with E-state index in [9.17, 15) is 15.3 Å². The summed E-state index contributed by atoms with van der Waals surface area (Å²) in [6.07, 6.45) is 8.06. The van der Waals surface area contributed by atoms with Gasteiger partial charge >= 0.3 is 0 Å². The van der Waals surface area contributed by atoms with E-state index in [1.54, 1.807) is 0 Å². The molecule has 0 unspecified atom stereocenters. The van der Waals surface area contributed by atoms with Crippen LogP contribution in [-0.2, 0) is 0 Å². The number of hydrogen-bond acceptors (Lipinski definition) is 3. The predicted molar refractivity (Wildman–Crippen MR) is 85.2 cm³/mol. The van der Waals surface area contributed by atoms with Gasteiger partial charge in [-0.1, -0.05) is 20.3 Å². The van der Waals surface area contributed by atoms with Crippen molar-refractivity contribution in [3.63, 3.8) is 0 Å². The minimum Gasteiger partial charge on any atom is -0.393 e. The molecule has 126 valence electrons. The van der Waals surface area contributed by atoms with Crippen molar-refractivity contribution in [1.82, 2.24) is 0 Å². The molecular weight excluding hydrogens is 276 g/mol. The monoisotopic (exact) mass is 308 g/mol. The smallest absolute Gasteiger partial charge is 0.0985 e. The van der Waals surface area contributed by atoms with Gasteiger partial charge in [-0.2, -0.15) is 0 Å². The minimum atomic E-state index is -1.09. The average molecular weight is 308 g/mol. The second-order valence-corrected chi connectivity index (χ2v) is 9.45. The molecule has 0 aliphatic heterocycles. The van der Waals surface area contributed by atoms with Gasteiger partial charge in [0.2, 0.25) is 0 Å². The predicted octanol–water partition coefficient (Wildman–Crippen LogP) is 2.87. The molecular formula is C19H32O3. The first-order valence-corrected chi connectivity index (χ1v) is 9.39. The van der Waals surface area contributed by atoms with E-state index in [1.807, 2.05) is 0 Å². The van der Waals surface area contributed by atoms with Gasteiger partial charge < -0.3 is 15.3 Å². The summed E-state index contributed by atoms with van der Waals surface area (Å²) in [6, 6.07) is 0. The molecule has 0 heterocycles. The quantitative estimate of drug-likeness (QED) is 0.645. The first-order valence-electron chi connectivity index (χ1n) is 9.39. The molecule has 3 nitrogen and oxygen atoms in total. The Morgan fingerprint density at radius 2 is 1.68 bits per heavy atom. The fourth-order valence-corrected chi connectivity index (χ4v) is 7.25. The number of aliphatic hydroxyl groups is 3. The third-order valence-corrected chi connectivity index (χ3v) is 8.62. The van der Waals surface area contributed by atoms with Crippen LogP contribution in [0.2, 0.25) is 0 Å². The lowest BCUT2D eigenvalue weighted by molar-refractivity contribution is -0.263. The summed E-state index contributed by atoms with van der Waals surface area (Å²) in [5.74, 6) is 1.82. The molecule has 4 fully saturated rings. The third-order valence-electron chi connectivity index (χ3n) is 8.62. The van der Waals surface area contributed by atoms with Crippen molar-refractivity contribution in [3.05, 3.63) is 0 Å². The topological polar surface area (TPSA) is 60.7 Å². The number of aliphatic hydroxyl groups excluding tert-OH is 2. The van der Waals surface area contributed by atoms with Crippen LogP contribution in [0.25, 0.3) is 0 Å². The number of hydrogen-bond donors (Lipinski definition) is 3. The van der Waals surface area contributed by atoms with E-state index in [2.05, 4.69) is 13.8 Å². The van der Waals surface area contributed by atoms with E-state index in [1.165, 1.54) is 32.1 Å². The molecule has 0 saturated heterocycles. The van der Waals surface area contributed by atoms with Crippen LogP contribution in [-0.4, -0.2) is 33.1 Å². The van der Waals surface area contributed by atoms with Crippen LogP contribution in [0.4, 0.5) is 0 Å². The number of fused-ring (bicyclic) bond motifs is 5. The van der Waals surface area contributed by atoms with Crippen molar-refractivity contribution in [2.45, 2.75) is 89.4 Å². The SMILES string of the molecule is C[C@@]12CCC[C@@H]1[C@H]1C[C@@H](O)[C@@]3(O)C[C@@H](O)CC[C@]3(C)[C@@H]1CC2. The summed E-state index contributed by atoms with van der Waals surface area (Å²) in [4.78, 5) is 0. The second kappa shape index (κ2) is 4.70. The van der Waals surface area contributed by atoms with Gasteiger partial charge in [0.15, 0.2) is 0 Å². The van der Waals surface area contributed by atoms with E-state index in [4.69, 9.17) is 0 Å². The Balaban J connectivity index is 1.71. The van der Waals surface area contributed by atoms with E-state index in [0.29, 0.717) is 23.7 Å². The maximum atomic E-state index is 11.3. The first-order chi connectivity index (χ1) is 10.3. The molecule has 0 aromatic heterocycles. The average Bonchev–Trinajstić information content (AvgIpc) is 2.84. The van der Waals surface area contributed by atoms with Crippen LogP contribution in [0.5, 0.6) is 0 Å². The van der Waals surface area contributed by atoms with Gasteiger partial charge in [-0.05, 0) is 68.1 Å². The van der Waals surface area contributed by atoms with Gasteiger partial charge in [0.1, 0.15) is 0 Å². The summed E-state index contributed by atoms with van der Waals surface area (Å²) in [6.45, 7) is 4.66. The van der Waals surface area contributed by atoms with Crippen molar-refractivity contribution in [1.29, 1.82) is 0 Å². The molecule has 0 bridgehead atoms. The maximum Gasteiger partial charge on any atom is 0.0985 e. The van der Waals surface area contributed by atoms with E-state index >= 15 is 0 Å². The Bertz CT molecular complexity index is 466. The van der Waals surface area contributed by atoms with Crippen molar-refractivity contribution in [3.8, 4) is 0 Å². The highest BCUT2D eigenvalue weighted by molar-refractivity contribution is 5.16. The van der Waals surface area contributed by atoms with Gasteiger partial charge in [0.05, 0.1) is 17.8 Å². The fourth-order valence-electron chi connectivity index (χ4n) is 7.25. The summed E-state index contributed by atoms with van der Waals surface area (Å²) >= 11 is 0. The summed E-state index contributed by atoms with van der Waals surface area (Å²) in [5.41, 5.74) is -0.836. The zero-order valence-electron chi connectivity index (χ0n) is 14.1. The van der Waals surface area contributed by atoms with Crippen molar-refractivity contribution in [2.24, 2.45) is 28.6 Å². The van der Waals surface area contributed by atoms with Gasteiger partial charge in [0.25, 0.3) is 0 Å². The summed E-state index contributed by atoms with van der Waals surface area (Å²) < 4.78 is 0. The highest BCUT2D eigenvalue weighted by Crippen LogP contribution is 2.67. The molecule has 0 radical (unpaired) electrons. The Hall–Kier alpha value is -0.120.